The van der Waals surface area contributed by atoms with Crippen LogP contribution in [0.4, 0.5) is 0 Å². The lowest BCUT2D eigenvalue weighted by Crippen LogP contribution is -2.37. The number of rotatable bonds is 6. The van der Waals surface area contributed by atoms with E-state index < -0.39 is 6.10 Å². The first kappa shape index (κ1) is 18.8. The standard InChI is InChI=1S/C19H20ClNO4/c1-13(25-17-6-4-5-16(20)11-17)18(22)21(2)12-14-7-9-15(10-8-14)19(23)24-3/h4-11,13H,12H2,1-3H3/t13-/m0/s1. The number of likely N-dealkylation sites (N-methyl/N-ethyl adjacent to an activating group) is 1. The Morgan fingerprint density at radius 1 is 1.16 bits per heavy atom. The summed E-state index contributed by atoms with van der Waals surface area (Å²) in [5.74, 6) is 0.000672. The second-order valence-corrected chi connectivity index (χ2v) is 6.04. The molecule has 0 saturated heterocycles. The second-order valence-electron chi connectivity index (χ2n) is 5.60. The van der Waals surface area contributed by atoms with Crippen LogP contribution in [0.3, 0.4) is 0 Å². The fraction of sp³-hybridized carbons (Fsp3) is 0.263. The number of carbonyl (C=O) groups is 2. The van der Waals surface area contributed by atoms with Crippen LogP contribution in [0.2, 0.25) is 5.02 Å². The molecule has 2 aromatic carbocycles. The van der Waals surface area contributed by atoms with Crippen molar-refractivity contribution in [3.63, 3.8) is 0 Å². The van der Waals surface area contributed by atoms with Gasteiger partial charge in [-0.25, -0.2) is 4.79 Å². The third kappa shape index (κ3) is 5.22. The largest absolute Gasteiger partial charge is 0.481 e. The van der Waals surface area contributed by atoms with Gasteiger partial charge in [0.15, 0.2) is 6.10 Å². The number of nitrogens with zero attached hydrogens (tertiary/aromatic N) is 1. The first-order valence-electron chi connectivity index (χ1n) is 7.75. The summed E-state index contributed by atoms with van der Waals surface area (Å²) in [6.07, 6.45) is -0.641. The van der Waals surface area contributed by atoms with Gasteiger partial charge < -0.3 is 14.4 Å². The van der Waals surface area contributed by atoms with Crippen LogP contribution in [0.25, 0.3) is 0 Å². The SMILES string of the molecule is COC(=O)c1ccc(CN(C)C(=O)[C@H](C)Oc2cccc(Cl)c2)cc1. The summed E-state index contributed by atoms with van der Waals surface area (Å²) in [6, 6.07) is 13.8. The number of halogens is 1. The molecular formula is C19H20ClNO4. The van der Waals surface area contributed by atoms with Crippen molar-refractivity contribution in [2.45, 2.75) is 19.6 Å². The van der Waals surface area contributed by atoms with E-state index in [4.69, 9.17) is 16.3 Å². The summed E-state index contributed by atoms with van der Waals surface area (Å²) in [5.41, 5.74) is 1.37. The molecule has 0 saturated carbocycles. The molecule has 0 fully saturated rings. The van der Waals surface area contributed by atoms with Gasteiger partial charge in [0.1, 0.15) is 5.75 Å². The van der Waals surface area contributed by atoms with E-state index in [1.807, 2.05) is 0 Å². The molecule has 132 valence electrons. The van der Waals surface area contributed by atoms with Crippen LogP contribution < -0.4 is 4.74 Å². The highest BCUT2D eigenvalue weighted by Gasteiger charge is 2.19. The van der Waals surface area contributed by atoms with Crippen LogP contribution in [0.1, 0.15) is 22.8 Å². The van der Waals surface area contributed by atoms with Gasteiger partial charge in [-0.3, -0.25) is 4.79 Å². The molecule has 0 N–H and O–H groups in total. The minimum absolute atomic E-state index is 0.156. The Balaban J connectivity index is 1.96. The summed E-state index contributed by atoms with van der Waals surface area (Å²) in [7, 11) is 3.04. The average molecular weight is 362 g/mol. The summed E-state index contributed by atoms with van der Waals surface area (Å²) < 4.78 is 10.3. The molecule has 1 amide bonds. The van der Waals surface area contributed by atoms with Crippen LogP contribution in [0.5, 0.6) is 5.75 Å². The molecule has 0 radical (unpaired) electrons. The molecule has 0 unspecified atom stereocenters. The van der Waals surface area contributed by atoms with Gasteiger partial charge in [0.05, 0.1) is 12.7 Å². The third-order valence-electron chi connectivity index (χ3n) is 3.63. The molecule has 0 bridgehead atoms. The molecule has 0 aliphatic rings. The minimum atomic E-state index is -0.641. The third-order valence-corrected chi connectivity index (χ3v) is 3.86. The Morgan fingerprint density at radius 3 is 2.44 bits per heavy atom. The summed E-state index contributed by atoms with van der Waals surface area (Å²) in [6.45, 7) is 2.10. The predicted molar refractivity (Wildman–Crippen MR) is 95.8 cm³/mol. The lowest BCUT2D eigenvalue weighted by atomic mass is 10.1. The minimum Gasteiger partial charge on any atom is -0.481 e. The number of benzene rings is 2. The second kappa shape index (κ2) is 8.53. The fourth-order valence-electron chi connectivity index (χ4n) is 2.32. The molecule has 0 spiro atoms. The zero-order valence-electron chi connectivity index (χ0n) is 14.4. The molecule has 2 aromatic rings. The van der Waals surface area contributed by atoms with E-state index >= 15 is 0 Å². The highest BCUT2D eigenvalue weighted by molar-refractivity contribution is 6.30. The lowest BCUT2D eigenvalue weighted by molar-refractivity contribution is -0.137. The van der Waals surface area contributed by atoms with Crippen molar-refractivity contribution in [2.24, 2.45) is 0 Å². The first-order valence-corrected chi connectivity index (χ1v) is 8.13. The zero-order valence-corrected chi connectivity index (χ0v) is 15.1. The van der Waals surface area contributed by atoms with E-state index in [-0.39, 0.29) is 11.9 Å². The number of carbonyl (C=O) groups excluding carboxylic acids is 2. The number of esters is 1. The van der Waals surface area contributed by atoms with Crippen molar-refractivity contribution in [3.8, 4) is 5.75 Å². The molecule has 5 nitrogen and oxygen atoms in total. The zero-order chi connectivity index (χ0) is 18.4. The quantitative estimate of drug-likeness (QED) is 0.738. The van der Waals surface area contributed by atoms with Gasteiger partial charge >= 0.3 is 5.97 Å². The van der Waals surface area contributed by atoms with Gasteiger partial charge in [-0.05, 0) is 42.8 Å². The summed E-state index contributed by atoms with van der Waals surface area (Å²) in [4.78, 5) is 25.5. The maximum atomic E-state index is 12.5. The fourth-order valence-corrected chi connectivity index (χ4v) is 2.50. The summed E-state index contributed by atoms with van der Waals surface area (Å²) in [5, 5.41) is 0.552. The van der Waals surface area contributed by atoms with Crippen molar-refractivity contribution < 1.29 is 19.1 Å². The highest BCUT2D eigenvalue weighted by atomic mass is 35.5. The topological polar surface area (TPSA) is 55.8 Å². The van der Waals surface area contributed by atoms with E-state index in [0.717, 1.165) is 5.56 Å². The number of ether oxygens (including phenoxy) is 2. The van der Waals surface area contributed by atoms with Gasteiger partial charge in [-0.15, -0.1) is 0 Å². The normalized spacial score (nSPS) is 11.5. The van der Waals surface area contributed by atoms with Gasteiger partial charge in [0.2, 0.25) is 0 Å². The predicted octanol–water partition coefficient (Wildman–Crippen LogP) is 3.55. The summed E-state index contributed by atoms with van der Waals surface area (Å²) >= 11 is 5.91. The van der Waals surface area contributed by atoms with Crippen LogP contribution in [-0.4, -0.2) is 37.0 Å². The van der Waals surface area contributed by atoms with Crippen molar-refractivity contribution >= 4 is 23.5 Å². The monoisotopic (exact) mass is 361 g/mol. The van der Waals surface area contributed by atoms with E-state index in [9.17, 15) is 9.59 Å². The Kier molecular flexibility index (Phi) is 6.42. The first-order chi connectivity index (χ1) is 11.9. The van der Waals surface area contributed by atoms with Crippen molar-refractivity contribution in [1.82, 2.24) is 4.90 Å². The molecule has 0 heterocycles. The van der Waals surface area contributed by atoms with Crippen LogP contribution >= 0.6 is 11.6 Å². The smallest absolute Gasteiger partial charge is 0.337 e. The van der Waals surface area contributed by atoms with E-state index in [2.05, 4.69) is 4.74 Å². The molecule has 0 aliphatic carbocycles. The van der Waals surface area contributed by atoms with Gasteiger partial charge in [-0.2, -0.15) is 0 Å². The van der Waals surface area contributed by atoms with Gasteiger partial charge in [-0.1, -0.05) is 29.8 Å². The van der Waals surface area contributed by atoms with Crippen LogP contribution in [-0.2, 0) is 16.1 Å². The molecule has 2 rings (SSSR count). The molecule has 1 atom stereocenters. The van der Waals surface area contributed by atoms with Gasteiger partial charge in [0.25, 0.3) is 5.91 Å². The molecule has 0 aliphatic heterocycles. The lowest BCUT2D eigenvalue weighted by Gasteiger charge is -2.22. The van der Waals surface area contributed by atoms with Crippen LogP contribution in [0, 0.1) is 0 Å². The Bertz CT molecular complexity index is 745. The number of amides is 1. The van der Waals surface area contributed by atoms with Gasteiger partial charge in [0, 0.05) is 18.6 Å². The van der Waals surface area contributed by atoms with Crippen molar-refractivity contribution in [2.75, 3.05) is 14.2 Å². The molecule has 0 aromatic heterocycles. The van der Waals surface area contributed by atoms with E-state index in [1.165, 1.54) is 7.11 Å². The maximum Gasteiger partial charge on any atom is 0.337 e. The molecule has 6 heteroatoms. The van der Waals surface area contributed by atoms with E-state index in [1.54, 1.807) is 67.4 Å². The Morgan fingerprint density at radius 2 is 1.84 bits per heavy atom. The van der Waals surface area contributed by atoms with Crippen molar-refractivity contribution in [1.29, 1.82) is 0 Å². The molecular weight excluding hydrogens is 342 g/mol. The number of methoxy groups -OCH3 is 1. The van der Waals surface area contributed by atoms with Crippen molar-refractivity contribution in [3.05, 3.63) is 64.7 Å². The number of hydrogen-bond donors (Lipinski definition) is 0. The van der Waals surface area contributed by atoms with E-state index in [0.29, 0.717) is 22.9 Å². The molecule has 25 heavy (non-hydrogen) atoms. The van der Waals surface area contributed by atoms with Crippen LogP contribution in [0.15, 0.2) is 48.5 Å². The average Bonchev–Trinajstić information content (AvgIpc) is 2.61. The Labute approximate surface area is 152 Å². The number of hydrogen-bond acceptors (Lipinski definition) is 4. The highest BCUT2D eigenvalue weighted by Crippen LogP contribution is 2.19. The Hall–Kier alpha value is -2.53. The maximum absolute atomic E-state index is 12.5.